The molecule has 2 rings (SSSR count). The third kappa shape index (κ3) is 1.25. The lowest BCUT2D eigenvalue weighted by Crippen LogP contribution is -2.19. The number of nitriles is 1. The van der Waals surface area contributed by atoms with Gasteiger partial charge in [0.25, 0.3) is 5.91 Å². The van der Waals surface area contributed by atoms with Crippen LogP contribution >= 0.6 is 0 Å². The van der Waals surface area contributed by atoms with Gasteiger partial charge in [-0.1, -0.05) is 18.2 Å². The second-order valence-electron chi connectivity index (χ2n) is 3.64. The van der Waals surface area contributed by atoms with Gasteiger partial charge in [0.2, 0.25) is 0 Å². The Kier molecular flexibility index (Phi) is 1.78. The molecule has 0 radical (unpaired) electrons. The summed E-state index contributed by atoms with van der Waals surface area (Å²) in [6.45, 7) is 2.31. The van der Waals surface area contributed by atoms with Crippen LogP contribution in [0.5, 0.6) is 0 Å². The summed E-state index contributed by atoms with van der Waals surface area (Å²) in [7, 11) is 0. The van der Waals surface area contributed by atoms with Crippen LogP contribution in [-0.4, -0.2) is 22.9 Å². The van der Waals surface area contributed by atoms with Crippen molar-refractivity contribution in [2.75, 3.05) is 6.54 Å². The van der Waals surface area contributed by atoms with Gasteiger partial charge in [-0.15, -0.1) is 0 Å². The fourth-order valence-electron chi connectivity index (χ4n) is 1.40. The molecule has 0 aromatic heterocycles. The Morgan fingerprint density at radius 1 is 1.50 bits per heavy atom. The Labute approximate surface area is 82.6 Å². The van der Waals surface area contributed by atoms with E-state index >= 15 is 0 Å². The molecule has 1 amide bonds. The van der Waals surface area contributed by atoms with Gasteiger partial charge in [-0.2, -0.15) is 5.26 Å². The zero-order valence-corrected chi connectivity index (χ0v) is 7.90. The predicted octanol–water partition coefficient (Wildman–Crippen LogP) is 1.42. The van der Waals surface area contributed by atoms with E-state index in [-0.39, 0.29) is 5.91 Å². The first-order valence-corrected chi connectivity index (χ1v) is 4.46. The highest BCUT2D eigenvalue weighted by molar-refractivity contribution is 5.96. The van der Waals surface area contributed by atoms with Gasteiger partial charge >= 0.3 is 0 Å². The van der Waals surface area contributed by atoms with E-state index in [1.165, 1.54) is 0 Å². The van der Waals surface area contributed by atoms with Crippen molar-refractivity contribution in [2.45, 2.75) is 12.5 Å². The summed E-state index contributed by atoms with van der Waals surface area (Å²) in [5, 5.41) is 8.79. The van der Waals surface area contributed by atoms with Crippen LogP contribution < -0.4 is 0 Å². The molecule has 1 aliphatic rings. The van der Waals surface area contributed by atoms with Crippen LogP contribution in [0.2, 0.25) is 0 Å². The molecule has 1 aliphatic heterocycles. The summed E-state index contributed by atoms with van der Waals surface area (Å²) in [5.41, 5.74) is 0.0684. The second kappa shape index (κ2) is 2.85. The first kappa shape index (κ1) is 8.76. The summed E-state index contributed by atoms with van der Waals surface area (Å²) in [6.07, 6.45) is 0. The molecule has 0 bridgehead atoms. The summed E-state index contributed by atoms with van der Waals surface area (Å²) >= 11 is 0. The summed E-state index contributed by atoms with van der Waals surface area (Å²) in [5.74, 6) is -0.0605. The van der Waals surface area contributed by atoms with Crippen LogP contribution in [0.25, 0.3) is 0 Å². The second-order valence-corrected chi connectivity index (χ2v) is 3.64. The van der Waals surface area contributed by atoms with Crippen molar-refractivity contribution in [1.82, 2.24) is 4.90 Å². The number of hydrogen-bond donors (Lipinski definition) is 0. The van der Waals surface area contributed by atoms with Gasteiger partial charge in [0.15, 0.2) is 0 Å². The smallest absolute Gasteiger partial charge is 0.255 e. The van der Waals surface area contributed by atoms with Gasteiger partial charge in [0, 0.05) is 5.56 Å². The molecule has 1 saturated heterocycles. The molecule has 0 aliphatic carbocycles. The molecule has 3 heteroatoms. The van der Waals surface area contributed by atoms with Gasteiger partial charge in [-0.05, 0) is 19.1 Å². The number of rotatable bonds is 1. The summed E-state index contributed by atoms with van der Waals surface area (Å²) < 4.78 is 0. The van der Waals surface area contributed by atoms with Crippen LogP contribution in [0.1, 0.15) is 17.3 Å². The number of nitrogens with zero attached hydrogens (tertiary/aromatic N) is 2. The molecular weight excluding hydrogens is 176 g/mol. The van der Waals surface area contributed by atoms with Crippen molar-refractivity contribution in [3.05, 3.63) is 35.9 Å². The van der Waals surface area contributed by atoms with Crippen molar-refractivity contribution in [1.29, 1.82) is 5.26 Å². The molecule has 14 heavy (non-hydrogen) atoms. The Balaban J connectivity index is 2.18. The number of hydrogen-bond acceptors (Lipinski definition) is 2. The van der Waals surface area contributed by atoms with E-state index in [0.717, 1.165) is 0 Å². The SMILES string of the molecule is CC1(C#N)CN1C(=O)c1ccccc1. The minimum absolute atomic E-state index is 0.0605. The zero-order chi connectivity index (χ0) is 10.2. The van der Waals surface area contributed by atoms with Crippen LogP contribution in [0, 0.1) is 11.3 Å². The fourth-order valence-corrected chi connectivity index (χ4v) is 1.40. The highest BCUT2D eigenvalue weighted by Crippen LogP contribution is 2.32. The van der Waals surface area contributed by atoms with Crippen LogP contribution in [0.15, 0.2) is 30.3 Å². The van der Waals surface area contributed by atoms with Crippen molar-refractivity contribution in [3.63, 3.8) is 0 Å². The summed E-state index contributed by atoms with van der Waals surface area (Å²) in [6, 6.07) is 11.1. The maximum Gasteiger partial charge on any atom is 0.255 e. The topological polar surface area (TPSA) is 43.9 Å². The van der Waals surface area contributed by atoms with E-state index in [4.69, 9.17) is 5.26 Å². The number of carbonyl (C=O) groups excluding carboxylic acids is 1. The minimum Gasteiger partial charge on any atom is -0.315 e. The maximum atomic E-state index is 11.8. The molecule has 0 spiro atoms. The number of benzene rings is 1. The molecule has 1 unspecified atom stereocenters. The monoisotopic (exact) mass is 186 g/mol. The predicted molar refractivity (Wildman–Crippen MR) is 51.5 cm³/mol. The third-order valence-electron chi connectivity index (χ3n) is 2.47. The minimum atomic E-state index is -0.576. The molecule has 70 valence electrons. The van der Waals surface area contributed by atoms with Gasteiger partial charge in [0.1, 0.15) is 5.54 Å². The Bertz CT molecular complexity index is 407. The molecule has 3 nitrogen and oxygen atoms in total. The first-order valence-electron chi connectivity index (χ1n) is 4.46. The average Bonchev–Trinajstić information content (AvgIpc) is 2.92. The molecule has 0 N–H and O–H groups in total. The lowest BCUT2D eigenvalue weighted by Gasteiger charge is -2.04. The molecule has 1 atom stereocenters. The maximum absolute atomic E-state index is 11.8. The first-order chi connectivity index (χ1) is 6.67. The van der Waals surface area contributed by atoms with E-state index < -0.39 is 5.54 Å². The lowest BCUT2D eigenvalue weighted by atomic mass is 10.2. The zero-order valence-electron chi connectivity index (χ0n) is 7.90. The Morgan fingerprint density at radius 3 is 2.64 bits per heavy atom. The van der Waals surface area contributed by atoms with Gasteiger partial charge in [-0.25, -0.2) is 0 Å². The van der Waals surface area contributed by atoms with Crippen LogP contribution in [-0.2, 0) is 0 Å². The third-order valence-corrected chi connectivity index (χ3v) is 2.47. The highest BCUT2D eigenvalue weighted by atomic mass is 16.2. The standard InChI is InChI=1S/C11H10N2O/c1-11(7-12)8-13(11)10(14)9-5-3-2-4-6-9/h2-6H,8H2,1H3. The molecule has 1 aromatic rings. The van der Waals surface area contributed by atoms with E-state index in [9.17, 15) is 4.79 Å². The summed E-state index contributed by atoms with van der Waals surface area (Å²) in [4.78, 5) is 13.3. The van der Waals surface area contributed by atoms with Gasteiger partial charge in [-0.3, -0.25) is 4.79 Å². The normalized spacial score (nSPS) is 24.1. The van der Waals surface area contributed by atoms with Crippen LogP contribution in [0.3, 0.4) is 0 Å². The molecule has 1 heterocycles. The molecular formula is C11H10N2O. The van der Waals surface area contributed by atoms with E-state index in [0.29, 0.717) is 12.1 Å². The molecule has 1 fully saturated rings. The van der Waals surface area contributed by atoms with Crippen molar-refractivity contribution >= 4 is 5.91 Å². The average molecular weight is 186 g/mol. The largest absolute Gasteiger partial charge is 0.315 e. The van der Waals surface area contributed by atoms with E-state index in [2.05, 4.69) is 6.07 Å². The molecule has 0 saturated carbocycles. The van der Waals surface area contributed by atoms with Crippen LogP contribution in [0.4, 0.5) is 0 Å². The van der Waals surface area contributed by atoms with Crippen molar-refractivity contribution in [2.24, 2.45) is 0 Å². The molecule has 1 aromatic carbocycles. The highest BCUT2D eigenvalue weighted by Gasteiger charge is 2.51. The van der Waals surface area contributed by atoms with Gasteiger partial charge < -0.3 is 4.90 Å². The Morgan fingerprint density at radius 2 is 2.14 bits per heavy atom. The van der Waals surface area contributed by atoms with Crippen molar-refractivity contribution < 1.29 is 4.79 Å². The quantitative estimate of drug-likeness (QED) is 0.622. The fraction of sp³-hybridized carbons (Fsp3) is 0.273. The number of carbonyl (C=O) groups is 1. The Hall–Kier alpha value is -1.82. The van der Waals surface area contributed by atoms with E-state index in [1.54, 1.807) is 24.0 Å². The van der Waals surface area contributed by atoms with Crippen molar-refractivity contribution in [3.8, 4) is 6.07 Å². The number of amides is 1. The van der Waals surface area contributed by atoms with E-state index in [1.807, 2.05) is 18.2 Å². The van der Waals surface area contributed by atoms with Gasteiger partial charge in [0.05, 0.1) is 12.6 Å². The lowest BCUT2D eigenvalue weighted by molar-refractivity contribution is 0.0867.